The van der Waals surface area contributed by atoms with Gasteiger partial charge in [-0.3, -0.25) is 4.79 Å². The fourth-order valence-electron chi connectivity index (χ4n) is 0.850. The highest BCUT2D eigenvalue weighted by Gasteiger charge is 2.05. The lowest BCUT2D eigenvalue weighted by molar-refractivity contribution is -0.136. The molecule has 0 aromatic carbocycles. The Morgan fingerprint density at radius 3 is 3.09 bits per heavy atom. The summed E-state index contributed by atoms with van der Waals surface area (Å²) >= 11 is 3.28. The quantitative estimate of drug-likeness (QED) is 0.732. The molecular weight excluding hydrogens is 210 g/mol. The van der Waals surface area contributed by atoms with Crippen molar-refractivity contribution in [3.05, 3.63) is 22.3 Å². The number of halogens is 1. The monoisotopic (exact) mass is 217 g/mol. The lowest BCUT2D eigenvalue weighted by atomic mass is 10.1. The van der Waals surface area contributed by atoms with E-state index in [1.54, 1.807) is 6.20 Å². The van der Waals surface area contributed by atoms with Crippen LogP contribution in [0.4, 0.5) is 0 Å². The van der Waals surface area contributed by atoms with E-state index < -0.39 is 5.97 Å². The van der Waals surface area contributed by atoms with Gasteiger partial charge in [0.25, 0.3) is 0 Å². The molecular formula is C7H8BrNO2. The van der Waals surface area contributed by atoms with E-state index in [4.69, 9.17) is 5.11 Å². The SMILES string of the molecule is O=C(O)CC1=CNCC(Br)=C1. The van der Waals surface area contributed by atoms with Gasteiger partial charge in [0.1, 0.15) is 0 Å². The lowest BCUT2D eigenvalue weighted by Crippen LogP contribution is -2.13. The average Bonchev–Trinajstić information content (AvgIpc) is 1.85. The van der Waals surface area contributed by atoms with Crippen LogP contribution in [0.25, 0.3) is 0 Å². The van der Waals surface area contributed by atoms with E-state index in [9.17, 15) is 4.79 Å². The molecule has 4 heteroatoms. The van der Waals surface area contributed by atoms with E-state index in [0.29, 0.717) is 0 Å². The van der Waals surface area contributed by atoms with Crippen molar-refractivity contribution >= 4 is 21.9 Å². The Hall–Kier alpha value is -0.770. The molecule has 0 aliphatic carbocycles. The zero-order valence-electron chi connectivity index (χ0n) is 5.80. The van der Waals surface area contributed by atoms with Crippen molar-refractivity contribution in [2.75, 3.05) is 6.54 Å². The van der Waals surface area contributed by atoms with Gasteiger partial charge in [-0.15, -0.1) is 0 Å². The van der Waals surface area contributed by atoms with E-state index in [2.05, 4.69) is 21.2 Å². The Morgan fingerprint density at radius 1 is 1.82 bits per heavy atom. The van der Waals surface area contributed by atoms with Crippen LogP contribution in [-0.2, 0) is 4.79 Å². The highest BCUT2D eigenvalue weighted by Crippen LogP contribution is 2.14. The molecule has 0 aromatic heterocycles. The van der Waals surface area contributed by atoms with Crippen LogP contribution in [-0.4, -0.2) is 17.6 Å². The first-order valence-electron chi connectivity index (χ1n) is 3.19. The minimum Gasteiger partial charge on any atom is -0.481 e. The molecule has 1 rings (SSSR count). The third kappa shape index (κ3) is 2.76. The molecule has 11 heavy (non-hydrogen) atoms. The third-order valence-corrected chi connectivity index (χ3v) is 1.77. The predicted molar refractivity (Wildman–Crippen MR) is 45.3 cm³/mol. The topological polar surface area (TPSA) is 49.3 Å². The molecule has 0 spiro atoms. The summed E-state index contributed by atoms with van der Waals surface area (Å²) < 4.78 is 0.983. The number of hydrogen-bond acceptors (Lipinski definition) is 2. The van der Waals surface area contributed by atoms with Gasteiger partial charge in [0, 0.05) is 17.2 Å². The second-order valence-corrected chi connectivity index (χ2v) is 3.28. The van der Waals surface area contributed by atoms with Crippen LogP contribution < -0.4 is 5.32 Å². The summed E-state index contributed by atoms with van der Waals surface area (Å²) in [4.78, 5) is 10.3. The van der Waals surface area contributed by atoms with E-state index >= 15 is 0 Å². The molecule has 1 aliphatic heterocycles. The molecule has 0 saturated carbocycles. The van der Waals surface area contributed by atoms with Crippen molar-refractivity contribution in [1.29, 1.82) is 0 Å². The van der Waals surface area contributed by atoms with Crippen molar-refractivity contribution in [3.8, 4) is 0 Å². The maximum absolute atomic E-state index is 10.3. The first kappa shape index (κ1) is 8.33. The molecule has 0 bridgehead atoms. The number of allylic oxidation sites excluding steroid dienone is 1. The second kappa shape index (κ2) is 3.57. The molecule has 0 radical (unpaired) electrons. The summed E-state index contributed by atoms with van der Waals surface area (Å²) in [6, 6.07) is 0. The molecule has 3 nitrogen and oxygen atoms in total. The molecule has 0 atom stereocenters. The van der Waals surface area contributed by atoms with Gasteiger partial charge in [0.15, 0.2) is 0 Å². The summed E-state index contributed by atoms with van der Waals surface area (Å²) in [6.45, 7) is 0.739. The maximum atomic E-state index is 10.3. The van der Waals surface area contributed by atoms with Gasteiger partial charge >= 0.3 is 5.97 Å². The molecule has 1 aliphatic rings. The largest absolute Gasteiger partial charge is 0.481 e. The average molecular weight is 218 g/mol. The third-order valence-electron chi connectivity index (χ3n) is 1.26. The number of carboxylic acid groups (broad SMARTS) is 1. The van der Waals surface area contributed by atoms with Gasteiger partial charge < -0.3 is 10.4 Å². The Bertz CT molecular complexity index is 233. The minimum absolute atomic E-state index is 0.0715. The van der Waals surface area contributed by atoms with Gasteiger partial charge in [-0.2, -0.15) is 0 Å². The van der Waals surface area contributed by atoms with Crippen LogP contribution in [0.3, 0.4) is 0 Å². The summed E-state index contributed by atoms with van der Waals surface area (Å²) in [5.74, 6) is -0.809. The van der Waals surface area contributed by atoms with E-state index in [1.807, 2.05) is 6.08 Å². The summed E-state index contributed by atoms with van der Waals surface area (Å²) in [5.41, 5.74) is 0.788. The van der Waals surface area contributed by atoms with Crippen molar-refractivity contribution in [3.63, 3.8) is 0 Å². The normalized spacial score (nSPS) is 16.5. The maximum Gasteiger partial charge on any atom is 0.307 e. The standard InChI is InChI=1S/C7H8BrNO2/c8-6-1-5(2-7(10)11)3-9-4-6/h1,3,9H,2,4H2,(H,10,11). The number of rotatable bonds is 2. The zero-order chi connectivity index (χ0) is 8.27. The second-order valence-electron chi connectivity index (χ2n) is 2.26. The van der Waals surface area contributed by atoms with Gasteiger partial charge in [-0.25, -0.2) is 0 Å². The fraction of sp³-hybridized carbons (Fsp3) is 0.286. The van der Waals surface area contributed by atoms with Crippen LogP contribution in [0, 0.1) is 0 Å². The number of nitrogens with one attached hydrogen (secondary N) is 1. The van der Waals surface area contributed by atoms with Crippen LogP contribution in [0.15, 0.2) is 22.3 Å². The highest BCUT2D eigenvalue weighted by atomic mass is 79.9. The Morgan fingerprint density at radius 2 is 2.55 bits per heavy atom. The Kier molecular flexibility index (Phi) is 2.70. The van der Waals surface area contributed by atoms with Gasteiger partial charge in [-0.05, 0) is 11.6 Å². The minimum atomic E-state index is -0.809. The molecule has 0 aromatic rings. The van der Waals surface area contributed by atoms with Crippen molar-refractivity contribution in [2.45, 2.75) is 6.42 Å². The molecule has 0 saturated heterocycles. The summed E-state index contributed by atoms with van der Waals surface area (Å²) in [6.07, 6.45) is 3.62. The first-order valence-corrected chi connectivity index (χ1v) is 3.98. The zero-order valence-corrected chi connectivity index (χ0v) is 7.39. The Balaban J connectivity index is 2.59. The molecule has 0 amide bonds. The number of hydrogen-bond donors (Lipinski definition) is 2. The summed E-state index contributed by atoms with van der Waals surface area (Å²) in [5, 5.41) is 11.4. The molecule has 0 unspecified atom stereocenters. The van der Waals surface area contributed by atoms with Crippen LogP contribution in [0.1, 0.15) is 6.42 Å². The lowest BCUT2D eigenvalue weighted by Gasteiger charge is -2.09. The smallest absolute Gasteiger partial charge is 0.307 e. The van der Waals surface area contributed by atoms with E-state index in [0.717, 1.165) is 16.6 Å². The molecule has 1 heterocycles. The van der Waals surface area contributed by atoms with Crippen LogP contribution >= 0.6 is 15.9 Å². The van der Waals surface area contributed by atoms with Gasteiger partial charge in [-0.1, -0.05) is 15.9 Å². The van der Waals surface area contributed by atoms with Gasteiger partial charge in [0.2, 0.25) is 0 Å². The molecule has 2 N–H and O–H groups in total. The van der Waals surface area contributed by atoms with Crippen molar-refractivity contribution < 1.29 is 9.90 Å². The number of carbonyl (C=O) groups is 1. The van der Waals surface area contributed by atoms with Crippen molar-refractivity contribution in [1.82, 2.24) is 5.32 Å². The van der Waals surface area contributed by atoms with E-state index in [1.165, 1.54) is 0 Å². The molecule has 60 valence electrons. The highest BCUT2D eigenvalue weighted by molar-refractivity contribution is 9.11. The number of dihydropyridines is 1. The van der Waals surface area contributed by atoms with Crippen LogP contribution in [0.2, 0.25) is 0 Å². The van der Waals surface area contributed by atoms with Crippen LogP contribution in [0.5, 0.6) is 0 Å². The van der Waals surface area contributed by atoms with Gasteiger partial charge in [0.05, 0.1) is 6.42 Å². The van der Waals surface area contributed by atoms with E-state index in [-0.39, 0.29) is 6.42 Å². The predicted octanol–water partition coefficient (Wildman–Crippen LogP) is 1.23. The summed E-state index contributed by atoms with van der Waals surface area (Å²) in [7, 11) is 0. The molecule has 0 fully saturated rings. The fourth-order valence-corrected chi connectivity index (χ4v) is 1.31. The number of aliphatic carboxylic acids is 1. The number of carboxylic acids is 1. The van der Waals surface area contributed by atoms with Crippen molar-refractivity contribution in [2.24, 2.45) is 0 Å². The first-order chi connectivity index (χ1) is 5.18. The Labute approximate surface area is 72.9 Å².